The van der Waals surface area contributed by atoms with Crippen LogP contribution < -0.4 is 10.6 Å². The number of hydrogen-bond acceptors (Lipinski definition) is 2. The molecule has 1 heterocycles. The summed E-state index contributed by atoms with van der Waals surface area (Å²) >= 11 is 0. The van der Waals surface area contributed by atoms with Crippen LogP contribution in [0, 0.1) is 0 Å². The second kappa shape index (κ2) is 4.66. The molecular formula is C15H20N2. The van der Waals surface area contributed by atoms with Gasteiger partial charge in [0.05, 0.1) is 0 Å². The van der Waals surface area contributed by atoms with Crippen molar-refractivity contribution in [2.24, 2.45) is 0 Å². The van der Waals surface area contributed by atoms with E-state index in [4.69, 9.17) is 0 Å². The van der Waals surface area contributed by atoms with Crippen LogP contribution in [0.1, 0.15) is 26.3 Å². The summed E-state index contributed by atoms with van der Waals surface area (Å²) in [4.78, 5) is 0. The van der Waals surface area contributed by atoms with E-state index >= 15 is 0 Å². The van der Waals surface area contributed by atoms with E-state index in [9.17, 15) is 0 Å². The predicted octanol–water partition coefficient (Wildman–Crippen LogP) is 3.40. The van der Waals surface area contributed by atoms with Crippen molar-refractivity contribution in [3.05, 3.63) is 54.3 Å². The molecule has 1 unspecified atom stereocenters. The lowest BCUT2D eigenvalue weighted by Gasteiger charge is -2.21. The standard InChI is InChI=1S/C15H20N2/c1-15(2,3)12-7-9-13(10-8-12)17-14-6-4-5-11-16-14/h4-11,14,16-17H,1-3H3. The fourth-order valence-corrected chi connectivity index (χ4v) is 1.78. The molecule has 0 amide bonds. The average Bonchev–Trinajstić information content (AvgIpc) is 2.30. The Morgan fingerprint density at radius 3 is 2.29 bits per heavy atom. The Morgan fingerprint density at radius 1 is 1.06 bits per heavy atom. The maximum atomic E-state index is 3.41. The molecule has 2 nitrogen and oxygen atoms in total. The molecule has 2 heteroatoms. The van der Waals surface area contributed by atoms with Crippen LogP contribution in [0.25, 0.3) is 0 Å². The van der Waals surface area contributed by atoms with Crippen molar-refractivity contribution < 1.29 is 0 Å². The number of anilines is 1. The van der Waals surface area contributed by atoms with Gasteiger partial charge in [0.2, 0.25) is 0 Å². The van der Waals surface area contributed by atoms with E-state index in [0.717, 1.165) is 5.69 Å². The smallest absolute Gasteiger partial charge is 0.116 e. The predicted molar refractivity (Wildman–Crippen MR) is 74.0 cm³/mol. The Morgan fingerprint density at radius 2 is 1.76 bits per heavy atom. The minimum atomic E-state index is 0.181. The first-order valence-corrected chi connectivity index (χ1v) is 6.02. The molecule has 17 heavy (non-hydrogen) atoms. The Hall–Kier alpha value is -1.70. The lowest BCUT2D eigenvalue weighted by molar-refractivity contribution is 0.590. The van der Waals surface area contributed by atoms with Gasteiger partial charge in [0.15, 0.2) is 0 Å². The molecule has 2 rings (SSSR count). The quantitative estimate of drug-likeness (QED) is 0.810. The van der Waals surface area contributed by atoms with Crippen LogP contribution >= 0.6 is 0 Å². The Labute approximate surface area is 103 Å². The van der Waals surface area contributed by atoms with E-state index in [2.05, 4.69) is 61.7 Å². The van der Waals surface area contributed by atoms with Crippen LogP contribution in [0.15, 0.2) is 48.7 Å². The number of dihydropyridines is 1. The normalized spacial score (nSPS) is 18.9. The van der Waals surface area contributed by atoms with Crippen molar-refractivity contribution in [1.29, 1.82) is 0 Å². The van der Waals surface area contributed by atoms with Crippen molar-refractivity contribution in [3.63, 3.8) is 0 Å². The first kappa shape index (κ1) is 11.8. The van der Waals surface area contributed by atoms with Gasteiger partial charge in [0.1, 0.15) is 6.17 Å². The minimum Gasteiger partial charge on any atom is -0.368 e. The van der Waals surface area contributed by atoms with Crippen molar-refractivity contribution >= 4 is 5.69 Å². The first-order chi connectivity index (χ1) is 8.05. The van der Waals surface area contributed by atoms with E-state index in [1.807, 2.05) is 18.4 Å². The summed E-state index contributed by atoms with van der Waals surface area (Å²) in [5.41, 5.74) is 2.70. The van der Waals surface area contributed by atoms with Crippen LogP contribution in [-0.2, 0) is 5.41 Å². The number of rotatable bonds is 2. The summed E-state index contributed by atoms with van der Waals surface area (Å²) in [5, 5.41) is 6.64. The van der Waals surface area contributed by atoms with Crippen LogP contribution in [0.2, 0.25) is 0 Å². The molecule has 0 fully saturated rings. The van der Waals surface area contributed by atoms with Gasteiger partial charge >= 0.3 is 0 Å². The molecule has 1 aromatic carbocycles. The molecule has 1 aliphatic heterocycles. The maximum Gasteiger partial charge on any atom is 0.116 e. The molecule has 1 aliphatic rings. The monoisotopic (exact) mass is 228 g/mol. The van der Waals surface area contributed by atoms with Gasteiger partial charge in [0.25, 0.3) is 0 Å². The third kappa shape index (κ3) is 3.13. The highest BCUT2D eigenvalue weighted by Gasteiger charge is 2.13. The van der Waals surface area contributed by atoms with E-state index < -0.39 is 0 Å². The van der Waals surface area contributed by atoms with Crippen molar-refractivity contribution in [2.45, 2.75) is 32.4 Å². The van der Waals surface area contributed by atoms with E-state index in [-0.39, 0.29) is 11.6 Å². The van der Waals surface area contributed by atoms with Gasteiger partial charge in [-0.1, -0.05) is 39.0 Å². The van der Waals surface area contributed by atoms with E-state index in [1.165, 1.54) is 5.56 Å². The van der Waals surface area contributed by atoms with E-state index in [1.54, 1.807) is 0 Å². The van der Waals surface area contributed by atoms with Crippen LogP contribution in [-0.4, -0.2) is 6.17 Å². The number of nitrogens with one attached hydrogen (secondary N) is 2. The SMILES string of the molecule is CC(C)(C)c1ccc(NC2C=CC=CN2)cc1. The summed E-state index contributed by atoms with van der Waals surface area (Å²) < 4.78 is 0. The highest BCUT2D eigenvalue weighted by atomic mass is 15.1. The lowest BCUT2D eigenvalue weighted by Crippen LogP contribution is -2.31. The highest BCUT2D eigenvalue weighted by Crippen LogP contribution is 2.23. The molecule has 1 atom stereocenters. The molecule has 90 valence electrons. The van der Waals surface area contributed by atoms with Gasteiger partial charge in [-0.3, -0.25) is 0 Å². The summed E-state index contributed by atoms with van der Waals surface area (Å²) in [6.07, 6.45) is 8.25. The lowest BCUT2D eigenvalue weighted by atomic mass is 9.87. The number of hydrogen-bond donors (Lipinski definition) is 2. The van der Waals surface area contributed by atoms with Gasteiger partial charge < -0.3 is 10.6 Å². The second-order valence-corrected chi connectivity index (χ2v) is 5.36. The van der Waals surface area contributed by atoms with Crippen molar-refractivity contribution in [1.82, 2.24) is 5.32 Å². The number of benzene rings is 1. The van der Waals surface area contributed by atoms with Crippen LogP contribution in [0.3, 0.4) is 0 Å². The number of allylic oxidation sites excluding steroid dienone is 2. The molecule has 0 spiro atoms. The fraction of sp³-hybridized carbons (Fsp3) is 0.333. The second-order valence-electron chi connectivity index (χ2n) is 5.36. The van der Waals surface area contributed by atoms with Gasteiger partial charge in [-0.2, -0.15) is 0 Å². The van der Waals surface area contributed by atoms with Gasteiger partial charge in [-0.15, -0.1) is 0 Å². The first-order valence-electron chi connectivity index (χ1n) is 6.02. The minimum absolute atomic E-state index is 0.181. The molecule has 2 N–H and O–H groups in total. The molecule has 0 saturated heterocycles. The van der Waals surface area contributed by atoms with E-state index in [0.29, 0.717) is 0 Å². The zero-order chi connectivity index (χ0) is 12.3. The Kier molecular flexibility index (Phi) is 3.23. The average molecular weight is 228 g/mol. The molecular weight excluding hydrogens is 208 g/mol. The van der Waals surface area contributed by atoms with Gasteiger partial charge in [0, 0.05) is 5.69 Å². The molecule has 0 saturated carbocycles. The zero-order valence-electron chi connectivity index (χ0n) is 10.7. The molecule has 0 aliphatic carbocycles. The molecule has 0 aromatic heterocycles. The maximum absolute atomic E-state index is 3.41. The summed E-state index contributed by atoms with van der Waals surface area (Å²) in [5.74, 6) is 0. The fourth-order valence-electron chi connectivity index (χ4n) is 1.78. The van der Waals surface area contributed by atoms with Crippen LogP contribution in [0.4, 0.5) is 5.69 Å². The zero-order valence-corrected chi connectivity index (χ0v) is 10.7. The van der Waals surface area contributed by atoms with Crippen molar-refractivity contribution in [2.75, 3.05) is 5.32 Å². The van der Waals surface area contributed by atoms with Crippen LogP contribution in [0.5, 0.6) is 0 Å². The largest absolute Gasteiger partial charge is 0.368 e. The molecule has 0 radical (unpaired) electrons. The third-order valence-electron chi connectivity index (χ3n) is 2.86. The Balaban J connectivity index is 2.03. The Bertz CT molecular complexity index is 421. The topological polar surface area (TPSA) is 24.1 Å². The molecule has 1 aromatic rings. The van der Waals surface area contributed by atoms with Gasteiger partial charge in [-0.25, -0.2) is 0 Å². The summed E-state index contributed by atoms with van der Waals surface area (Å²) in [6.45, 7) is 6.68. The summed E-state index contributed by atoms with van der Waals surface area (Å²) in [7, 11) is 0. The summed E-state index contributed by atoms with van der Waals surface area (Å²) in [6, 6.07) is 8.64. The van der Waals surface area contributed by atoms with Crippen molar-refractivity contribution in [3.8, 4) is 0 Å². The van der Waals surface area contributed by atoms with Gasteiger partial charge in [-0.05, 0) is 41.5 Å². The molecule has 0 bridgehead atoms. The third-order valence-corrected chi connectivity index (χ3v) is 2.86. The highest BCUT2D eigenvalue weighted by molar-refractivity contribution is 5.47.